The van der Waals surface area contributed by atoms with Gasteiger partial charge < -0.3 is 5.32 Å². The second-order valence-electron chi connectivity index (χ2n) is 5.37. The van der Waals surface area contributed by atoms with Crippen LogP contribution in [0.15, 0.2) is 6.07 Å². The summed E-state index contributed by atoms with van der Waals surface area (Å²) in [5.74, 6) is 0.615. The van der Waals surface area contributed by atoms with Crippen LogP contribution in [0.25, 0.3) is 0 Å². The van der Waals surface area contributed by atoms with Gasteiger partial charge in [-0.3, -0.25) is 4.68 Å². The highest BCUT2D eigenvalue weighted by atomic mass is 15.3. The second-order valence-corrected chi connectivity index (χ2v) is 5.37. The first-order chi connectivity index (χ1) is 7.58. The van der Waals surface area contributed by atoms with Gasteiger partial charge in [-0.25, -0.2) is 0 Å². The molecule has 1 unspecified atom stereocenters. The Morgan fingerprint density at radius 3 is 2.56 bits per heavy atom. The predicted octanol–water partition coefficient (Wildman–Crippen LogP) is 2.45. The van der Waals surface area contributed by atoms with Crippen molar-refractivity contribution in [3.8, 4) is 0 Å². The monoisotopic (exact) mass is 221 g/mol. The fourth-order valence-corrected chi connectivity index (χ4v) is 2.16. The minimum Gasteiger partial charge on any atom is -0.312 e. The van der Waals surface area contributed by atoms with Crippen molar-refractivity contribution in [2.24, 2.45) is 5.92 Å². The van der Waals surface area contributed by atoms with Gasteiger partial charge >= 0.3 is 0 Å². The Hall–Kier alpha value is -0.830. The molecule has 0 saturated heterocycles. The molecule has 0 aliphatic heterocycles. The van der Waals surface area contributed by atoms with E-state index in [-0.39, 0.29) is 0 Å². The first-order valence-corrected chi connectivity index (χ1v) is 6.34. The van der Waals surface area contributed by atoms with Crippen LogP contribution in [0, 0.1) is 19.8 Å². The Kier molecular flexibility index (Phi) is 3.33. The van der Waals surface area contributed by atoms with E-state index in [2.05, 4.69) is 48.9 Å². The first-order valence-electron chi connectivity index (χ1n) is 6.34. The molecule has 2 rings (SSSR count). The second kappa shape index (κ2) is 4.58. The van der Waals surface area contributed by atoms with E-state index in [1.54, 1.807) is 0 Å². The molecule has 1 atom stereocenters. The van der Waals surface area contributed by atoms with E-state index in [1.165, 1.54) is 18.5 Å². The van der Waals surface area contributed by atoms with E-state index in [4.69, 9.17) is 0 Å². The van der Waals surface area contributed by atoms with E-state index in [9.17, 15) is 0 Å². The molecule has 0 spiro atoms. The third-order valence-electron chi connectivity index (χ3n) is 3.32. The van der Waals surface area contributed by atoms with Crippen LogP contribution in [0.5, 0.6) is 0 Å². The zero-order valence-corrected chi connectivity index (χ0v) is 10.8. The van der Waals surface area contributed by atoms with Gasteiger partial charge in [-0.2, -0.15) is 5.10 Å². The lowest BCUT2D eigenvalue weighted by Crippen LogP contribution is -2.31. The predicted molar refractivity (Wildman–Crippen MR) is 66.6 cm³/mol. The van der Waals surface area contributed by atoms with Crippen molar-refractivity contribution in [3.63, 3.8) is 0 Å². The van der Waals surface area contributed by atoms with Crippen molar-refractivity contribution >= 4 is 0 Å². The Labute approximate surface area is 98.2 Å². The van der Waals surface area contributed by atoms with Gasteiger partial charge in [0.25, 0.3) is 0 Å². The molecular formula is C13H23N3. The summed E-state index contributed by atoms with van der Waals surface area (Å²) in [6.45, 7) is 9.80. The summed E-state index contributed by atoms with van der Waals surface area (Å²) in [4.78, 5) is 0. The largest absolute Gasteiger partial charge is 0.312 e. The van der Waals surface area contributed by atoms with Crippen LogP contribution in [-0.4, -0.2) is 22.4 Å². The molecule has 1 heterocycles. The van der Waals surface area contributed by atoms with Crippen molar-refractivity contribution in [3.05, 3.63) is 17.5 Å². The van der Waals surface area contributed by atoms with Crippen molar-refractivity contribution in [2.45, 2.75) is 52.6 Å². The zero-order chi connectivity index (χ0) is 11.7. The molecule has 0 radical (unpaired) electrons. The van der Waals surface area contributed by atoms with Crippen LogP contribution in [0.1, 0.15) is 44.1 Å². The average molecular weight is 221 g/mol. The molecule has 16 heavy (non-hydrogen) atoms. The molecule has 1 saturated carbocycles. The van der Waals surface area contributed by atoms with E-state index >= 15 is 0 Å². The highest BCUT2D eigenvalue weighted by molar-refractivity contribution is 5.08. The van der Waals surface area contributed by atoms with Crippen LogP contribution in [0.2, 0.25) is 0 Å². The maximum absolute atomic E-state index is 4.61. The molecule has 1 aromatic rings. The lowest BCUT2D eigenvalue weighted by molar-refractivity contribution is 0.323. The number of hydrogen-bond acceptors (Lipinski definition) is 2. The van der Waals surface area contributed by atoms with Crippen molar-refractivity contribution in [2.75, 3.05) is 6.54 Å². The van der Waals surface area contributed by atoms with Crippen LogP contribution in [-0.2, 0) is 0 Å². The third-order valence-corrected chi connectivity index (χ3v) is 3.32. The standard InChI is InChI=1S/C13H23N3/c1-9(2)13(8-14-12-5-6-12)16-11(4)7-10(3)15-16/h7,9,12-14H,5-6,8H2,1-4H3. The van der Waals surface area contributed by atoms with Crippen molar-refractivity contribution < 1.29 is 0 Å². The topological polar surface area (TPSA) is 29.9 Å². The van der Waals surface area contributed by atoms with Gasteiger partial charge in [-0.1, -0.05) is 13.8 Å². The minimum atomic E-state index is 0.481. The normalized spacial score (nSPS) is 18.1. The SMILES string of the molecule is Cc1cc(C)n(C(CNC2CC2)C(C)C)n1. The highest BCUT2D eigenvalue weighted by Gasteiger charge is 2.24. The Balaban J connectivity index is 2.07. The number of hydrogen-bond donors (Lipinski definition) is 1. The number of rotatable bonds is 5. The van der Waals surface area contributed by atoms with Crippen LogP contribution in [0.3, 0.4) is 0 Å². The molecule has 1 aromatic heterocycles. The van der Waals surface area contributed by atoms with Crippen molar-refractivity contribution in [1.29, 1.82) is 0 Å². The smallest absolute Gasteiger partial charge is 0.0669 e. The quantitative estimate of drug-likeness (QED) is 0.827. The maximum atomic E-state index is 4.61. The molecule has 3 nitrogen and oxygen atoms in total. The average Bonchev–Trinajstić information content (AvgIpc) is 2.94. The summed E-state index contributed by atoms with van der Waals surface area (Å²) in [5.41, 5.74) is 2.39. The minimum absolute atomic E-state index is 0.481. The summed E-state index contributed by atoms with van der Waals surface area (Å²) in [6.07, 6.45) is 2.70. The van der Waals surface area contributed by atoms with E-state index in [1.807, 2.05) is 0 Å². The van der Waals surface area contributed by atoms with Crippen LogP contribution in [0.4, 0.5) is 0 Å². The van der Waals surface area contributed by atoms with Gasteiger partial charge in [-0.05, 0) is 38.7 Å². The number of nitrogens with zero attached hydrogens (tertiary/aromatic N) is 2. The molecule has 1 aliphatic rings. The summed E-state index contributed by atoms with van der Waals surface area (Å²) in [7, 11) is 0. The summed E-state index contributed by atoms with van der Waals surface area (Å²) in [5, 5.41) is 8.22. The maximum Gasteiger partial charge on any atom is 0.0669 e. The number of nitrogens with one attached hydrogen (secondary N) is 1. The zero-order valence-electron chi connectivity index (χ0n) is 10.8. The molecule has 0 amide bonds. The molecule has 90 valence electrons. The molecule has 3 heteroatoms. The summed E-state index contributed by atoms with van der Waals surface area (Å²) >= 11 is 0. The summed E-state index contributed by atoms with van der Waals surface area (Å²) in [6, 6.07) is 3.42. The molecule has 0 bridgehead atoms. The van der Waals surface area contributed by atoms with Gasteiger partial charge in [0.2, 0.25) is 0 Å². The van der Waals surface area contributed by atoms with E-state index < -0.39 is 0 Å². The molecule has 0 aromatic carbocycles. The molecule has 1 fully saturated rings. The lowest BCUT2D eigenvalue weighted by Gasteiger charge is -2.23. The fourth-order valence-electron chi connectivity index (χ4n) is 2.16. The molecule has 1 aliphatic carbocycles. The van der Waals surface area contributed by atoms with Crippen molar-refractivity contribution in [1.82, 2.24) is 15.1 Å². The van der Waals surface area contributed by atoms with Gasteiger partial charge in [0.15, 0.2) is 0 Å². The Morgan fingerprint density at radius 2 is 2.12 bits per heavy atom. The Bertz CT molecular complexity index is 350. The molecule has 1 N–H and O–H groups in total. The third kappa shape index (κ3) is 2.64. The highest BCUT2D eigenvalue weighted by Crippen LogP contribution is 2.23. The molecular weight excluding hydrogens is 198 g/mol. The number of aryl methyl sites for hydroxylation is 2. The Morgan fingerprint density at radius 1 is 1.44 bits per heavy atom. The first kappa shape index (κ1) is 11.6. The van der Waals surface area contributed by atoms with Gasteiger partial charge in [0.05, 0.1) is 11.7 Å². The number of aromatic nitrogens is 2. The van der Waals surface area contributed by atoms with Crippen LogP contribution < -0.4 is 5.32 Å². The summed E-state index contributed by atoms with van der Waals surface area (Å²) < 4.78 is 2.19. The fraction of sp³-hybridized carbons (Fsp3) is 0.769. The lowest BCUT2D eigenvalue weighted by atomic mass is 10.0. The van der Waals surface area contributed by atoms with Gasteiger partial charge in [0.1, 0.15) is 0 Å². The van der Waals surface area contributed by atoms with Crippen LogP contribution >= 0.6 is 0 Å². The van der Waals surface area contributed by atoms with Gasteiger partial charge in [0, 0.05) is 18.3 Å². The van der Waals surface area contributed by atoms with Gasteiger partial charge in [-0.15, -0.1) is 0 Å². The van der Waals surface area contributed by atoms with E-state index in [0.29, 0.717) is 12.0 Å². The van der Waals surface area contributed by atoms with E-state index in [0.717, 1.165) is 18.3 Å².